The van der Waals surface area contributed by atoms with Gasteiger partial charge in [-0.15, -0.1) is 0 Å². The van der Waals surface area contributed by atoms with Crippen LogP contribution in [-0.2, 0) is 0 Å². The molecular formula is C13H19N3O3. The zero-order valence-electron chi connectivity index (χ0n) is 11.0. The summed E-state index contributed by atoms with van der Waals surface area (Å²) in [7, 11) is 0. The monoisotopic (exact) mass is 265 g/mol. The number of nitrogens with zero attached hydrogens (tertiary/aromatic N) is 1. The lowest BCUT2D eigenvalue weighted by Gasteiger charge is -2.15. The summed E-state index contributed by atoms with van der Waals surface area (Å²) in [6, 6.07) is 0.121. The molecule has 0 saturated heterocycles. The summed E-state index contributed by atoms with van der Waals surface area (Å²) in [5, 5.41) is 11.8. The van der Waals surface area contributed by atoms with Gasteiger partial charge in [0.2, 0.25) is 0 Å². The van der Waals surface area contributed by atoms with E-state index in [4.69, 9.17) is 5.11 Å². The summed E-state index contributed by atoms with van der Waals surface area (Å²) in [6.45, 7) is 2.22. The number of aromatic carboxylic acids is 1. The van der Waals surface area contributed by atoms with Crippen LogP contribution in [0.4, 0.5) is 0 Å². The van der Waals surface area contributed by atoms with Crippen molar-refractivity contribution in [2.45, 2.75) is 45.1 Å². The highest BCUT2D eigenvalue weighted by molar-refractivity contribution is 6.02. The van der Waals surface area contributed by atoms with Gasteiger partial charge in [-0.05, 0) is 25.2 Å². The number of aromatic nitrogens is 2. The Labute approximate surface area is 111 Å². The molecule has 1 saturated carbocycles. The minimum atomic E-state index is -1.17. The molecule has 6 heteroatoms. The molecule has 1 aromatic heterocycles. The smallest absolute Gasteiger partial charge is 0.354 e. The second-order valence-electron chi connectivity index (χ2n) is 5.22. The van der Waals surface area contributed by atoms with Crippen molar-refractivity contribution in [3.8, 4) is 0 Å². The fourth-order valence-corrected chi connectivity index (χ4v) is 2.51. The molecule has 104 valence electrons. The molecule has 1 heterocycles. The number of carbonyl (C=O) groups is 2. The van der Waals surface area contributed by atoms with Crippen molar-refractivity contribution in [2.24, 2.45) is 5.92 Å². The van der Waals surface area contributed by atoms with Gasteiger partial charge < -0.3 is 15.4 Å². The summed E-state index contributed by atoms with van der Waals surface area (Å²) in [5.41, 5.74) is -0.190. The molecule has 0 spiro atoms. The third-order valence-corrected chi connectivity index (χ3v) is 3.66. The number of rotatable bonds is 3. The van der Waals surface area contributed by atoms with Crippen LogP contribution in [0.3, 0.4) is 0 Å². The Morgan fingerprint density at radius 2 is 2.16 bits per heavy atom. The standard InChI is InChI=1S/C13H19N3O3/c1-8-3-2-4-9(6-5-8)16-12(17)10-11(13(18)19)15-7-14-10/h7-9H,2-6H2,1H3,(H,14,15)(H,16,17)(H,18,19). The van der Waals surface area contributed by atoms with E-state index in [0.29, 0.717) is 5.92 Å². The second-order valence-corrected chi connectivity index (χ2v) is 5.22. The van der Waals surface area contributed by atoms with Gasteiger partial charge in [0.05, 0.1) is 6.33 Å². The first kappa shape index (κ1) is 13.6. The number of imidazole rings is 1. The summed E-state index contributed by atoms with van der Waals surface area (Å²) < 4.78 is 0. The highest BCUT2D eigenvalue weighted by Crippen LogP contribution is 2.22. The predicted molar refractivity (Wildman–Crippen MR) is 69.1 cm³/mol. The van der Waals surface area contributed by atoms with Crippen LogP contribution in [0.1, 0.15) is 60.0 Å². The summed E-state index contributed by atoms with van der Waals surface area (Å²) in [5.74, 6) is -0.878. The van der Waals surface area contributed by atoms with Gasteiger partial charge in [-0.2, -0.15) is 0 Å². The number of carboxylic acid groups (broad SMARTS) is 1. The van der Waals surface area contributed by atoms with E-state index >= 15 is 0 Å². The Balaban J connectivity index is 2.00. The van der Waals surface area contributed by atoms with E-state index in [1.165, 1.54) is 12.7 Å². The lowest BCUT2D eigenvalue weighted by atomic mass is 10.0. The normalized spacial score (nSPS) is 23.6. The van der Waals surface area contributed by atoms with Gasteiger partial charge in [-0.1, -0.05) is 19.8 Å². The average Bonchev–Trinajstić information content (AvgIpc) is 2.77. The van der Waals surface area contributed by atoms with Crippen LogP contribution in [0.15, 0.2) is 6.33 Å². The molecule has 2 unspecified atom stereocenters. The number of carbonyl (C=O) groups excluding carboxylic acids is 1. The minimum absolute atomic E-state index is 0.0372. The molecule has 0 aliphatic heterocycles. The Kier molecular flexibility index (Phi) is 4.19. The number of aromatic amines is 1. The topological polar surface area (TPSA) is 95.1 Å². The maximum absolute atomic E-state index is 12.0. The maximum Gasteiger partial charge on any atom is 0.354 e. The first-order valence-corrected chi connectivity index (χ1v) is 6.65. The highest BCUT2D eigenvalue weighted by atomic mass is 16.4. The summed E-state index contributed by atoms with van der Waals surface area (Å²) in [4.78, 5) is 29.2. The molecule has 1 aromatic rings. The summed E-state index contributed by atoms with van der Waals surface area (Å²) in [6.07, 6.45) is 6.50. The molecule has 3 N–H and O–H groups in total. The number of nitrogens with one attached hydrogen (secondary N) is 2. The SMILES string of the molecule is CC1CCCC(NC(=O)c2nc[nH]c2C(=O)O)CC1. The van der Waals surface area contributed by atoms with Crippen LogP contribution in [-0.4, -0.2) is 33.0 Å². The Morgan fingerprint density at radius 3 is 2.89 bits per heavy atom. The van der Waals surface area contributed by atoms with Gasteiger partial charge in [-0.25, -0.2) is 9.78 Å². The highest BCUT2D eigenvalue weighted by Gasteiger charge is 2.23. The van der Waals surface area contributed by atoms with Gasteiger partial charge in [0, 0.05) is 6.04 Å². The van der Waals surface area contributed by atoms with E-state index in [2.05, 4.69) is 22.2 Å². The second kappa shape index (κ2) is 5.86. The quantitative estimate of drug-likeness (QED) is 0.726. The van der Waals surface area contributed by atoms with E-state index in [1.807, 2.05) is 0 Å². The first-order valence-electron chi connectivity index (χ1n) is 6.65. The first-order chi connectivity index (χ1) is 9.08. The third-order valence-electron chi connectivity index (χ3n) is 3.66. The van der Waals surface area contributed by atoms with Crippen LogP contribution >= 0.6 is 0 Å². The van der Waals surface area contributed by atoms with Crippen molar-refractivity contribution >= 4 is 11.9 Å². The number of H-pyrrole nitrogens is 1. The molecule has 1 aliphatic carbocycles. The van der Waals surface area contributed by atoms with E-state index < -0.39 is 11.9 Å². The van der Waals surface area contributed by atoms with Crippen LogP contribution in [0.2, 0.25) is 0 Å². The van der Waals surface area contributed by atoms with Gasteiger partial charge >= 0.3 is 5.97 Å². The number of hydrogen-bond donors (Lipinski definition) is 3. The van der Waals surface area contributed by atoms with Crippen molar-refractivity contribution in [3.05, 3.63) is 17.7 Å². The van der Waals surface area contributed by atoms with Crippen LogP contribution in [0.5, 0.6) is 0 Å². The van der Waals surface area contributed by atoms with E-state index in [1.54, 1.807) is 0 Å². The third kappa shape index (κ3) is 3.33. The summed E-state index contributed by atoms with van der Waals surface area (Å²) >= 11 is 0. The van der Waals surface area contributed by atoms with Crippen molar-refractivity contribution in [3.63, 3.8) is 0 Å². The lowest BCUT2D eigenvalue weighted by Crippen LogP contribution is -2.35. The molecule has 2 rings (SSSR count). The molecule has 1 amide bonds. The Hall–Kier alpha value is -1.85. The average molecular weight is 265 g/mol. The van der Waals surface area contributed by atoms with E-state index in [9.17, 15) is 9.59 Å². The van der Waals surface area contributed by atoms with Crippen molar-refractivity contribution in [1.82, 2.24) is 15.3 Å². The van der Waals surface area contributed by atoms with Crippen LogP contribution < -0.4 is 5.32 Å². The Morgan fingerprint density at radius 1 is 1.37 bits per heavy atom. The number of amides is 1. The molecular weight excluding hydrogens is 246 g/mol. The molecule has 0 bridgehead atoms. The molecule has 0 aromatic carbocycles. The number of hydrogen-bond acceptors (Lipinski definition) is 3. The fourth-order valence-electron chi connectivity index (χ4n) is 2.51. The number of carboxylic acids is 1. The largest absolute Gasteiger partial charge is 0.477 e. The predicted octanol–water partition coefficient (Wildman–Crippen LogP) is 1.81. The van der Waals surface area contributed by atoms with Crippen LogP contribution in [0, 0.1) is 5.92 Å². The Bertz CT molecular complexity index is 469. The van der Waals surface area contributed by atoms with E-state index in [-0.39, 0.29) is 17.4 Å². The van der Waals surface area contributed by atoms with E-state index in [0.717, 1.165) is 25.7 Å². The molecule has 0 radical (unpaired) electrons. The van der Waals surface area contributed by atoms with Crippen molar-refractivity contribution in [2.75, 3.05) is 0 Å². The van der Waals surface area contributed by atoms with Gasteiger partial charge in [0.15, 0.2) is 11.4 Å². The van der Waals surface area contributed by atoms with Crippen molar-refractivity contribution in [1.29, 1.82) is 0 Å². The molecule has 19 heavy (non-hydrogen) atoms. The molecule has 1 aliphatic rings. The zero-order valence-corrected chi connectivity index (χ0v) is 11.0. The van der Waals surface area contributed by atoms with Gasteiger partial charge in [0.1, 0.15) is 0 Å². The van der Waals surface area contributed by atoms with Gasteiger partial charge in [-0.3, -0.25) is 4.79 Å². The molecule has 1 fully saturated rings. The van der Waals surface area contributed by atoms with Gasteiger partial charge in [0.25, 0.3) is 5.91 Å². The maximum atomic E-state index is 12.0. The molecule has 2 atom stereocenters. The van der Waals surface area contributed by atoms with Crippen molar-refractivity contribution < 1.29 is 14.7 Å². The lowest BCUT2D eigenvalue weighted by molar-refractivity contribution is 0.0684. The fraction of sp³-hybridized carbons (Fsp3) is 0.615. The zero-order chi connectivity index (χ0) is 13.8. The van der Waals surface area contributed by atoms with Crippen LogP contribution in [0.25, 0.3) is 0 Å². The minimum Gasteiger partial charge on any atom is -0.477 e. The molecule has 6 nitrogen and oxygen atoms in total.